The molecule has 0 atom stereocenters. The summed E-state index contributed by atoms with van der Waals surface area (Å²) >= 11 is 0. The first kappa shape index (κ1) is 17.7. The van der Waals surface area contributed by atoms with Gasteiger partial charge in [-0.05, 0) is 23.4 Å². The minimum atomic E-state index is -1.26. The Labute approximate surface area is 139 Å². The van der Waals surface area contributed by atoms with Crippen LogP contribution in [0.2, 0.25) is 39.3 Å². The average molecular weight is 345 g/mol. The highest BCUT2D eigenvalue weighted by molar-refractivity contribution is 7.78. The number of benzene rings is 2. The number of hydrogen-bond acceptors (Lipinski definition) is 0. The van der Waals surface area contributed by atoms with Crippen LogP contribution in [0, 0.1) is 0 Å². The molecule has 0 fully saturated rings. The summed E-state index contributed by atoms with van der Waals surface area (Å²) in [5.41, 5.74) is 0. The van der Waals surface area contributed by atoms with E-state index in [0.29, 0.717) is 0 Å². The third kappa shape index (κ3) is 4.19. The average Bonchev–Trinajstić information content (AvgIpc) is 2.44. The maximum atomic E-state index is 2.57. The van der Waals surface area contributed by atoms with Crippen LogP contribution in [0.4, 0.5) is 0 Å². The Morgan fingerprint density at radius 2 is 0.909 bits per heavy atom. The summed E-state index contributed by atoms with van der Waals surface area (Å²) in [7, 11) is -2.79. The van der Waals surface area contributed by atoms with Crippen LogP contribution in [0.25, 0.3) is 0 Å². The van der Waals surface area contributed by atoms with E-state index in [-0.39, 0.29) is 7.92 Å². The van der Waals surface area contributed by atoms with Gasteiger partial charge in [0, 0.05) is 16.1 Å². The monoisotopic (exact) mass is 344 g/mol. The molecule has 0 aliphatic carbocycles. The van der Waals surface area contributed by atoms with E-state index in [1.54, 1.807) is 10.6 Å². The van der Waals surface area contributed by atoms with Gasteiger partial charge in [-0.1, -0.05) is 99.9 Å². The van der Waals surface area contributed by atoms with E-state index in [9.17, 15) is 0 Å². The quantitative estimate of drug-likeness (QED) is 0.514. The van der Waals surface area contributed by atoms with E-state index in [2.05, 4.69) is 99.9 Å². The summed E-state index contributed by atoms with van der Waals surface area (Å²) in [6, 6.07) is 22.5. The zero-order valence-electron chi connectivity index (χ0n) is 14.8. The van der Waals surface area contributed by atoms with E-state index in [1.807, 2.05) is 0 Å². The van der Waals surface area contributed by atoms with E-state index in [1.165, 1.54) is 0 Å². The predicted molar refractivity (Wildman–Crippen MR) is 110 cm³/mol. The van der Waals surface area contributed by atoms with E-state index < -0.39 is 16.1 Å². The zero-order valence-corrected chi connectivity index (χ0v) is 17.7. The summed E-state index contributed by atoms with van der Waals surface area (Å²) in [5.74, 6) is 0. The van der Waals surface area contributed by atoms with Gasteiger partial charge in [-0.15, -0.1) is 0 Å². The Balaban J connectivity index is 2.62. The fourth-order valence-corrected chi connectivity index (χ4v) is 24.0. The summed E-state index contributed by atoms with van der Waals surface area (Å²) < 4.78 is 0. The van der Waals surface area contributed by atoms with Crippen molar-refractivity contribution in [2.45, 2.75) is 44.2 Å². The SMILES string of the molecule is C[Si](C)(C)C(P(c1ccccc1)c1ccccc1)[Si](C)(C)C. The maximum absolute atomic E-state index is 2.57. The predicted octanol–water partition coefficient (Wildman–Crippen LogP) is 5.24. The molecule has 0 nitrogen and oxygen atoms in total. The zero-order chi connectivity index (χ0) is 16.4. The van der Waals surface area contributed by atoms with Crippen molar-refractivity contribution < 1.29 is 0 Å². The molecule has 0 aromatic heterocycles. The minimum Gasteiger partial charge on any atom is -0.0693 e. The summed E-state index contributed by atoms with van der Waals surface area (Å²) in [4.78, 5) is 0.889. The van der Waals surface area contributed by atoms with Crippen LogP contribution in [-0.2, 0) is 0 Å². The molecule has 0 aliphatic rings. The molecular weight excluding hydrogens is 315 g/mol. The molecule has 0 unspecified atom stereocenters. The van der Waals surface area contributed by atoms with Crippen molar-refractivity contribution in [1.29, 1.82) is 0 Å². The number of rotatable bonds is 5. The highest BCUT2D eigenvalue weighted by Crippen LogP contribution is 2.48. The van der Waals surface area contributed by atoms with Gasteiger partial charge in [0.2, 0.25) is 0 Å². The first-order valence-corrected chi connectivity index (χ1v) is 16.7. The summed E-state index contributed by atoms with van der Waals surface area (Å²) in [6.45, 7) is 15.4. The van der Waals surface area contributed by atoms with Gasteiger partial charge in [-0.3, -0.25) is 0 Å². The van der Waals surface area contributed by atoms with Crippen molar-refractivity contribution in [3.8, 4) is 0 Å². The molecule has 0 N–H and O–H groups in total. The second kappa shape index (κ2) is 6.82. The molecule has 0 saturated carbocycles. The van der Waals surface area contributed by atoms with Gasteiger partial charge in [0.1, 0.15) is 0 Å². The molecule has 0 bridgehead atoms. The molecule has 0 aliphatic heterocycles. The fraction of sp³-hybridized carbons (Fsp3) is 0.368. The first-order chi connectivity index (χ1) is 10.2. The summed E-state index contributed by atoms with van der Waals surface area (Å²) in [5, 5.41) is 3.11. The molecule has 0 amide bonds. The Bertz CT molecular complexity index is 529. The molecule has 2 rings (SSSR count). The molecule has 0 heterocycles. The highest BCUT2D eigenvalue weighted by atomic mass is 31.1. The van der Waals surface area contributed by atoms with Crippen LogP contribution in [0.1, 0.15) is 0 Å². The van der Waals surface area contributed by atoms with Crippen molar-refractivity contribution in [2.24, 2.45) is 0 Å². The lowest BCUT2D eigenvalue weighted by molar-refractivity contribution is 1.45. The minimum absolute atomic E-state index is 0.267. The molecule has 0 radical (unpaired) electrons. The second-order valence-electron chi connectivity index (χ2n) is 8.18. The van der Waals surface area contributed by atoms with Gasteiger partial charge in [0.05, 0.1) is 0 Å². The van der Waals surface area contributed by atoms with Crippen LogP contribution in [0.3, 0.4) is 0 Å². The lowest BCUT2D eigenvalue weighted by Gasteiger charge is -2.44. The first-order valence-electron chi connectivity index (χ1n) is 8.10. The Morgan fingerprint density at radius 1 is 0.591 bits per heavy atom. The lowest BCUT2D eigenvalue weighted by atomic mass is 10.4. The molecule has 3 heteroatoms. The van der Waals surface area contributed by atoms with E-state index in [4.69, 9.17) is 0 Å². The topological polar surface area (TPSA) is 0 Å². The van der Waals surface area contributed by atoms with E-state index in [0.717, 1.165) is 4.91 Å². The van der Waals surface area contributed by atoms with Gasteiger partial charge < -0.3 is 0 Å². The molecule has 118 valence electrons. The van der Waals surface area contributed by atoms with Crippen molar-refractivity contribution in [1.82, 2.24) is 0 Å². The van der Waals surface area contributed by atoms with Crippen LogP contribution in [0.5, 0.6) is 0 Å². The van der Waals surface area contributed by atoms with Gasteiger partial charge >= 0.3 is 0 Å². The van der Waals surface area contributed by atoms with Crippen molar-refractivity contribution in [2.75, 3.05) is 0 Å². The summed E-state index contributed by atoms with van der Waals surface area (Å²) in [6.07, 6.45) is 0. The Kier molecular flexibility index (Phi) is 5.47. The molecular formula is C19H29PSi2. The van der Waals surface area contributed by atoms with Gasteiger partial charge in [0.15, 0.2) is 0 Å². The van der Waals surface area contributed by atoms with Crippen LogP contribution in [0.15, 0.2) is 60.7 Å². The van der Waals surface area contributed by atoms with Crippen molar-refractivity contribution >= 4 is 34.7 Å². The largest absolute Gasteiger partial charge is 0.0693 e. The van der Waals surface area contributed by atoms with Gasteiger partial charge in [-0.2, -0.15) is 0 Å². The molecule has 0 saturated heterocycles. The van der Waals surface area contributed by atoms with E-state index >= 15 is 0 Å². The molecule has 22 heavy (non-hydrogen) atoms. The third-order valence-corrected chi connectivity index (χ3v) is 20.9. The highest BCUT2D eigenvalue weighted by Gasteiger charge is 2.43. The normalized spacial score (nSPS) is 12.9. The molecule has 2 aromatic carbocycles. The van der Waals surface area contributed by atoms with Crippen LogP contribution < -0.4 is 10.6 Å². The maximum Gasteiger partial charge on any atom is 0.0499 e. The molecule has 2 aromatic rings. The van der Waals surface area contributed by atoms with Crippen molar-refractivity contribution in [3.05, 3.63) is 60.7 Å². The third-order valence-electron chi connectivity index (χ3n) is 3.97. The fourth-order valence-electron chi connectivity index (χ4n) is 3.70. The number of hydrogen-bond donors (Lipinski definition) is 0. The molecule has 0 spiro atoms. The van der Waals surface area contributed by atoms with Crippen molar-refractivity contribution in [3.63, 3.8) is 0 Å². The standard InChI is InChI=1S/C19H29PSi2/c1-21(2,3)19(22(4,5)6)20(17-13-9-7-10-14-17)18-15-11-8-12-16-18/h7-16,19H,1-6H3. The van der Waals surface area contributed by atoms with Crippen LogP contribution in [-0.4, -0.2) is 21.1 Å². The van der Waals surface area contributed by atoms with Crippen LogP contribution >= 0.6 is 7.92 Å². The van der Waals surface area contributed by atoms with Gasteiger partial charge in [-0.25, -0.2) is 0 Å². The lowest BCUT2D eigenvalue weighted by Crippen LogP contribution is -2.55. The Hall–Kier alpha value is -0.696. The smallest absolute Gasteiger partial charge is 0.0499 e. The Morgan fingerprint density at radius 3 is 1.18 bits per heavy atom. The van der Waals surface area contributed by atoms with Gasteiger partial charge in [0.25, 0.3) is 0 Å². The second-order valence-corrected chi connectivity index (χ2v) is 22.6.